The first kappa shape index (κ1) is 53.6. The van der Waals surface area contributed by atoms with E-state index in [1.807, 2.05) is 9.44 Å². The first-order chi connectivity index (χ1) is 31.1. The van der Waals surface area contributed by atoms with E-state index in [2.05, 4.69) is 15.3 Å². The highest BCUT2D eigenvalue weighted by Crippen LogP contribution is 2.38. The Hall–Kier alpha value is -5.98. The normalized spacial score (nSPS) is 11.6. The number of hydrogen-bond acceptors (Lipinski definition) is 9. The molecule has 0 aliphatic carbocycles. The van der Waals surface area contributed by atoms with Gasteiger partial charge in [-0.15, -0.1) is 0 Å². The van der Waals surface area contributed by atoms with Crippen LogP contribution in [0.2, 0.25) is 20.1 Å². The molecule has 13 nitrogen and oxygen atoms in total. The van der Waals surface area contributed by atoms with Crippen molar-refractivity contribution in [3.8, 4) is 0 Å². The number of amides is 1. The van der Waals surface area contributed by atoms with E-state index in [1.54, 1.807) is 25.2 Å². The van der Waals surface area contributed by atoms with Crippen LogP contribution < -0.4 is 19.7 Å². The van der Waals surface area contributed by atoms with Gasteiger partial charge < -0.3 is 15.3 Å². The number of carbonyl (C=O) groups excluding carboxylic acids is 1. The standard InChI is InChI=1S/C20H13Cl2F4N3O3S.C13H7Cl2F3N2O4S.C7H8FN/c1-29(17-5-3-2-4-15(17)23)19(30)18-16(8-11(21)10-27-18)28-33(31,32)12-6-7-14(22)13(9-12)20(24,25)26;14-6-3-10(11(12(21)22)19-5-6)20-25(23,24)7-1-2-9(15)8(4-7)13(16,17)18;1-9-7-5-3-2-4-6(7)8/h2-10,28H,1H3;1-5,20H,(H,21,22);2-5,9H,1H3. The van der Waals surface area contributed by atoms with Gasteiger partial charge in [-0.3, -0.25) is 14.2 Å². The van der Waals surface area contributed by atoms with Gasteiger partial charge in [-0.05, 0) is 72.8 Å². The number of benzene rings is 4. The topological polar surface area (TPSA) is 188 Å². The van der Waals surface area contributed by atoms with Crippen molar-refractivity contribution in [2.24, 2.45) is 0 Å². The zero-order valence-corrected chi connectivity index (χ0v) is 38.1. The van der Waals surface area contributed by atoms with Crippen LogP contribution in [-0.2, 0) is 32.4 Å². The Morgan fingerprint density at radius 2 is 1.03 bits per heavy atom. The lowest BCUT2D eigenvalue weighted by atomic mass is 10.2. The number of rotatable bonds is 10. The fourth-order valence-corrected chi connectivity index (χ4v) is 8.15. The summed E-state index contributed by atoms with van der Waals surface area (Å²) in [6.07, 6.45) is -7.73. The lowest BCUT2D eigenvalue weighted by molar-refractivity contribution is -0.138. The van der Waals surface area contributed by atoms with Gasteiger partial charge in [-0.25, -0.2) is 40.4 Å². The van der Waals surface area contributed by atoms with E-state index in [0.29, 0.717) is 17.8 Å². The highest BCUT2D eigenvalue weighted by molar-refractivity contribution is 7.93. The van der Waals surface area contributed by atoms with Gasteiger partial charge in [-0.1, -0.05) is 70.7 Å². The molecule has 0 spiro atoms. The van der Waals surface area contributed by atoms with Crippen molar-refractivity contribution >= 4 is 101 Å². The smallest absolute Gasteiger partial charge is 0.417 e. The van der Waals surface area contributed by atoms with Crippen molar-refractivity contribution in [1.82, 2.24) is 9.97 Å². The Labute approximate surface area is 395 Å². The second-order valence-corrected chi connectivity index (χ2v) is 18.0. The van der Waals surface area contributed by atoms with E-state index in [4.69, 9.17) is 51.5 Å². The average Bonchev–Trinajstić information content (AvgIpc) is 3.23. The van der Waals surface area contributed by atoms with Gasteiger partial charge in [0.2, 0.25) is 0 Å². The van der Waals surface area contributed by atoms with Crippen molar-refractivity contribution in [1.29, 1.82) is 0 Å². The van der Waals surface area contributed by atoms with Crippen molar-refractivity contribution in [2.45, 2.75) is 22.1 Å². The molecule has 0 aliphatic rings. The second kappa shape index (κ2) is 21.8. The van der Waals surface area contributed by atoms with Crippen LogP contribution in [0.25, 0.3) is 0 Å². The first-order valence-corrected chi connectivity index (χ1v) is 22.3. The Morgan fingerprint density at radius 3 is 1.43 bits per heavy atom. The molecule has 0 saturated heterocycles. The number of hydrogen-bond donors (Lipinski definition) is 4. The quantitative estimate of drug-likeness (QED) is 0.0962. The number of anilines is 4. The molecule has 0 fully saturated rings. The fourth-order valence-electron chi connectivity index (χ4n) is 5.22. The molecule has 0 aliphatic heterocycles. The van der Waals surface area contributed by atoms with E-state index >= 15 is 0 Å². The molecule has 0 unspecified atom stereocenters. The van der Waals surface area contributed by atoms with Crippen molar-refractivity contribution in [3.05, 3.63) is 164 Å². The van der Waals surface area contributed by atoms with E-state index < -0.39 is 104 Å². The molecule has 356 valence electrons. The van der Waals surface area contributed by atoms with Gasteiger partial charge in [0.15, 0.2) is 11.4 Å². The monoisotopic (exact) mass is 1060 g/mol. The Morgan fingerprint density at radius 1 is 0.612 bits per heavy atom. The average molecular weight is 1060 g/mol. The molecule has 2 heterocycles. The summed E-state index contributed by atoms with van der Waals surface area (Å²) >= 11 is 22.5. The van der Waals surface area contributed by atoms with E-state index in [9.17, 15) is 61.5 Å². The summed E-state index contributed by atoms with van der Waals surface area (Å²) in [4.78, 5) is 30.7. The number of nitrogens with one attached hydrogen (secondary N) is 3. The largest absolute Gasteiger partial charge is 0.476 e. The molecule has 0 bridgehead atoms. The molecule has 6 aromatic rings. The van der Waals surface area contributed by atoms with Crippen molar-refractivity contribution < 1.29 is 66.7 Å². The molecule has 6 rings (SSSR count). The molecule has 0 radical (unpaired) electrons. The summed E-state index contributed by atoms with van der Waals surface area (Å²) in [7, 11) is -6.26. The lowest BCUT2D eigenvalue weighted by Gasteiger charge is -2.20. The van der Waals surface area contributed by atoms with E-state index in [1.165, 1.54) is 31.3 Å². The van der Waals surface area contributed by atoms with Crippen LogP contribution in [0.15, 0.2) is 119 Å². The summed E-state index contributed by atoms with van der Waals surface area (Å²) in [6.45, 7) is 0. The molecule has 27 heteroatoms. The highest BCUT2D eigenvalue weighted by atomic mass is 35.5. The van der Waals surface area contributed by atoms with Crippen LogP contribution in [0.5, 0.6) is 0 Å². The number of pyridine rings is 2. The molecule has 0 atom stereocenters. The number of carbonyl (C=O) groups is 2. The SMILES string of the molecule is CN(C(=O)c1ncc(Cl)cc1NS(=O)(=O)c1ccc(Cl)c(C(F)(F)F)c1)c1ccccc1F.CNc1ccccc1F.O=C(O)c1ncc(Cl)cc1NS(=O)(=O)c1ccc(Cl)c(C(F)(F)F)c1. The van der Waals surface area contributed by atoms with Crippen LogP contribution in [0.4, 0.5) is 57.9 Å². The van der Waals surface area contributed by atoms with E-state index in [0.717, 1.165) is 59.8 Å². The number of carboxylic acid groups (broad SMARTS) is 1. The highest BCUT2D eigenvalue weighted by Gasteiger charge is 2.36. The molecule has 4 aromatic carbocycles. The molecular formula is C40H28Cl4F8N6O7S2. The predicted molar refractivity (Wildman–Crippen MR) is 235 cm³/mol. The number of sulfonamides is 2. The third-order valence-electron chi connectivity index (χ3n) is 8.37. The number of halogens is 12. The molecule has 4 N–H and O–H groups in total. The Balaban J connectivity index is 0.000000253. The van der Waals surface area contributed by atoms with Crippen molar-refractivity contribution in [2.75, 3.05) is 33.8 Å². The number of nitrogens with zero attached hydrogens (tertiary/aromatic N) is 3. The third-order valence-corrected chi connectivity index (χ3v) is 12.2. The minimum atomic E-state index is -4.90. The maximum atomic E-state index is 14.1. The summed E-state index contributed by atoms with van der Waals surface area (Å²) in [5, 5.41) is 10.2. The van der Waals surface area contributed by atoms with Gasteiger partial charge in [0.05, 0.1) is 63.8 Å². The van der Waals surface area contributed by atoms with Crippen LogP contribution in [0, 0.1) is 11.6 Å². The first-order valence-electron chi connectivity index (χ1n) is 17.9. The Kier molecular flexibility index (Phi) is 17.4. The van der Waals surface area contributed by atoms with Crippen molar-refractivity contribution in [3.63, 3.8) is 0 Å². The minimum absolute atomic E-state index is 0.0649. The Bertz CT molecular complexity index is 3040. The summed E-state index contributed by atoms with van der Waals surface area (Å²) < 4.78 is 159. The molecule has 0 saturated carbocycles. The number of aromatic carboxylic acids is 1. The van der Waals surface area contributed by atoms with E-state index in [-0.39, 0.29) is 21.5 Å². The summed E-state index contributed by atoms with van der Waals surface area (Å²) in [5.41, 5.74) is -4.32. The molecular weight excluding hydrogens is 1030 g/mol. The van der Waals surface area contributed by atoms with Crippen LogP contribution >= 0.6 is 46.4 Å². The number of aromatic nitrogens is 2. The summed E-state index contributed by atoms with van der Waals surface area (Å²) in [5.74, 6) is -3.38. The minimum Gasteiger partial charge on any atom is -0.476 e. The van der Waals surface area contributed by atoms with Gasteiger partial charge in [0.1, 0.15) is 11.6 Å². The van der Waals surface area contributed by atoms with Gasteiger partial charge in [0.25, 0.3) is 26.0 Å². The van der Waals surface area contributed by atoms with Crippen LogP contribution in [0.3, 0.4) is 0 Å². The zero-order valence-electron chi connectivity index (χ0n) is 33.5. The molecule has 1 amide bonds. The number of carboxylic acids is 1. The lowest BCUT2D eigenvalue weighted by Crippen LogP contribution is -2.29. The maximum Gasteiger partial charge on any atom is 0.417 e. The maximum absolute atomic E-state index is 14.1. The van der Waals surface area contributed by atoms with Gasteiger partial charge in [0, 0.05) is 26.5 Å². The number of alkyl halides is 6. The van der Waals surface area contributed by atoms with Gasteiger partial charge in [-0.2, -0.15) is 26.3 Å². The molecule has 67 heavy (non-hydrogen) atoms. The van der Waals surface area contributed by atoms with Crippen LogP contribution in [0.1, 0.15) is 32.1 Å². The predicted octanol–water partition coefficient (Wildman–Crippen LogP) is 11.4. The number of para-hydroxylation sites is 2. The van der Waals surface area contributed by atoms with Crippen LogP contribution in [-0.4, -0.2) is 57.9 Å². The molecule has 2 aromatic heterocycles. The third kappa shape index (κ3) is 14.0. The van der Waals surface area contributed by atoms with Gasteiger partial charge >= 0.3 is 18.3 Å². The zero-order chi connectivity index (χ0) is 50.2. The second-order valence-electron chi connectivity index (χ2n) is 12.9. The summed E-state index contributed by atoms with van der Waals surface area (Å²) in [6, 6.07) is 17.9. The fraction of sp³-hybridized carbons (Fsp3) is 0.100.